The molecular weight excluding hydrogens is 375 g/mol. The fraction of sp³-hybridized carbons (Fsp3) is 0.364. The summed E-state index contributed by atoms with van der Waals surface area (Å²) in [5.41, 5.74) is 2.58. The van der Waals surface area contributed by atoms with E-state index in [1.54, 1.807) is 19.1 Å². The molecule has 0 saturated carbocycles. The monoisotopic (exact) mass is 400 g/mol. The van der Waals surface area contributed by atoms with Gasteiger partial charge in [-0.3, -0.25) is 9.59 Å². The van der Waals surface area contributed by atoms with Gasteiger partial charge in [-0.2, -0.15) is 0 Å². The Morgan fingerprint density at radius 1 is 1.21 bits per heavy atom. The molecule has 28 heavy (non-hydrogen) atoms. The highest BCUT2D eigenvalue weighted by Gasteiger charge is 2.36. The summed E-state index contributed by atoms with van der Waals surface area (Å²) in [5, 5.41) is 5.36. The molecule has 1 N–H and O–H groups in total. The first kappa shape index (κ1) is 20.3. The lowest BCUT2D eigenvalue weighted by Gasteiger charge is -2.42. The second kappa shape index (κ2) is 8.27. The highest BCUT2D eigenvalue weighted by Crippen LogP contribution is 2.35. The predicted molar refractivity (Wildman–Crippen MR) is 110 cm³/mol. The number of amides is 1. The quantitative estimate of drug-likeness (QED) is 0.782. The van der Waals surface area contributed by atoms with E-state index >= 15 is 0 Å². The molecule has 1 aliphatic heterocycles. The maximum Gasteiger partial charge on any atom is 0.264 e. The highest BCUT2D eigenvalue weighted by atomic mass is 32.1. The van der Waals surface area contributed by atoms with E-state index in [2.05, 4.69) is 19.2 Å². The van der Waals surface area contributed by atoms with Crippen molar-refractivity contribution in [2.45, 2.75) is 33.7 Å². The number of halogens is 1. The SMILES string of the molecule is CC(=O)CC1=C(NCc2ccc(F)cc2)C(C)(C)CN(C(=O)c2cccs2)C1. The number of hydrogen-bond acceptors (Lipinski definition) is 4. The van der Waals surface area contributed by atoms with Crippen LogP contribution >= 0.6 is 11.3 Å². The average molecular weight is 401 g/mol. The van der Waals surface area contributed by atoms with E-state index in [4.69, 9.17) is 0 Å². The molecule has 0 spiro atoms. The van der Waals surface area contributed by atoms with E-state index in [-0.39, 0.29) is 22.9 Å². The molecule has 0 atom stereocenters. The van der Waals surface area contributed by atoms with Crippen LogP contribution in [-0.2, 0) is 11.3 Å². The number of Topliss-reactive ketones (excluding diaryl/α,β-unsaturated/α-hetero) is 1. The van der Waals surface area contributed by atoms with Gasteiger partial charge in [-0.1, -0.05) is 32.0 Å². The zero-order valence-corrected chi connectivity index (χ0v) is 17.2. The van der Waals surface area contributed by atoms with Crippen molar-refractivity contribution in [3.05, 3.63) is 69.3 Å². The average Bonchev–Trinajstić information content (AvgIpc) is 3.15. The number of hydrogen-bond donors (Lipinski definition) is 1. The summed E-state index contributed by atoms with van der Waals surface area (Å²) < 4.78 is 13.1. The third-order valence-electron chi connectivity index (χ3n) is 4.86. The molecule has 0 bridgehead atoms. The van der Waals surface area contributed by atoms with Crippen molar-refractivity contribution in [1.82, 2.24) is 10.2 Å². The molecule has 1 aromatic carbocycles. The summed E-state index contributed by atoms with van der Waals surface area (Å²) in [6, 6.07) is 10.1. The van der Waals surface area contributed by atoms with E-state index in [9.17, 15) is 14.0 Å². The highest BCUT2D eigenvalue weighted by molar-refractivity contribution is 7.12. The Morgan fingerprint density at radius 3 is 2.54 bits per heavy atom. The van der Waals surface area contributed by atoms with Gasteiger partial charge in [-0.25, -0.2) is 4.39 Å². The third-order valence-corrected chi connectivity index (χ3v) is 5.72. The summed E-state index contributed by atoms with van der Waals surface area (Å²) in [4.78, 5) is 27.3. The molecular formula is C22H25FN2O2S. The molecule has 1 amide bonds. The van der Waals surface area contributed by atoms with Crippen LogP contribution in [0.5, 0.6) is 0 Å². The minimum absolute atomic E-state index is 0.00158. The van der Waals surface area contributed by atoms with Gasteiger partial charge in [-0.05, 0) is 41.6 Å². The van der Waals surface area contributed by atoms with Gasteiger partial charge in [0.2, 0.25) is 0 Å². The Kier molecular flexibility index (Phi) is 5.98. The fourth-order valence-corrected chi connectivity index (χ4v) is 4.39. The zero-order chi connectivity index (χ0) is 20.3. The van der Waals surface area contributed by atoms with Crippen molar-refractivity contribution in [3.63, 3.8) is 0 Å². The standard InChI is InChI=1S/C22H25FN2O2S/c1-15(26)11-17-13-25(21(27)19-5-4-10-28-19)14-22(2,3)20(17)24-12-16-6-8-18(23)9-7-16/h4-10,24H,11-14H2,1-3H3. The van der Waals surface area contributed by atoms with Gasteiger partial charge in [0.05, 0.1) is 4.88 Å². The third kappa shape index (κ3) is 4.68. The summed E-state index contributed by atoms with van der Waals surface area (Å²) in [5.74, 6) is -0.194. The van der Waals surface area contributed by atoms with Gasteiger partial charge in [0, 0.05) is 37.2 Å². The molecule has 2 heterocycles. The fourth-order valence-electron chi connectivity index (χ4n) is 3.70. The Balaban J connectivity index is 1.85. The number of ketones is 1. The van der Waals surface area contributed by atoms with Crippen LogP contribution in [0, 0.1) is 11.2 Å². The second-order valence-electron chi connectivity index (χ2n) is 7.86. The van der Waals surface area contributed by atoms with E-state index in [1.807, 2.05) is 22.4 Å². The lowest BCUT2D eigenvalue weighted by molar-refractivity contribution is -0.116. The molecule has 0 fully saturated rings. The first-order valence-corrected chi connectivity index (χ1v) is 10.2. The van der Waals surface area contributed by atoms with Crippen LogP contribution in [0.3, 0.4) is 0 Å². The largest absolute Gasteiger partial charge is 0.384 e. The maximum absolute atomic E-state index is 13.1. The minimum Gasteiger partial charge on any atom is -0.384 e. The molecule has 2 aromatic rings. The number of carbonyl (C=O) groups is 2. The molecule has 0 unspecified atom stereocenters. The molecule has 0 radical (unpaired) electrons. The van der Waals surface area contributed by atoms with Crippen molar-refractivity contribution in [2.75, 3.05) is 13.1 Å². The first-order valence-electron chi connectivity index (χ1n) is 9.29. The molecule has 1 aromatic heterocycles. The van der Waals surface area contributed by atoms with Crippen LogP contribution in [0.15, 0.2) is 53.0 Å². The van der Waals surface area contributed by atoms with Gasteiger partial charge in [-0.15, -0.1) is 11.3 Å². The molecule has 6 heteroatoms. The Morgan fingerprint density at radius 2 is 1.93 bits per heavy atom. The first-order chi connectivity index (χ1) is 13.3. The van der Waals surface area contributed by atoms with Gasteiger partial charge >= 0.3 is 0 Å². The van der Waals surface area contributed by atoms with Crippen molar-refractivity contribution in [1.29, 1.82) is 0 Å². The summed E-state index contributed by atoms with van der Waals surface area (Å²) in [7, 11) is 0. The van der Waals surface area contributed by atoms with Crippen molar-refractivity contribution < 1.29 is 14.0 Å². The van der Waals surface area contributed by atoms with Gasteiger partial charge in [0.15, 0.2) is 0 Å². The van der Waals surface area contributed by atoms with Crippen LogP contribution < -0.4 is 5.32 Å². The maximum atomic E-state index is 13.1. The van der Waals surface area contributed by atoms with Crippen LogP contribution in [0.2, 0.25) is 0 Å². The van der Waals surface area contributed by atoms with Crippen molar-refractivity contribution in [3.8, 4) is 0 Å². The number of nitrogens with zero attached hydrogens (tertiary/aromatic N) is 1. The molecule has 0 saturated heterocycles. The lowest BCUT2D eigenvalue weighted by Crippen LogP contribution is -2.48. The van der Waals surface area contributed by atoms with Gasteiger partial charge < -0.3 is 10.2 Å². The number of rotatable bonds is 6. The summed E-state index contributed by atoms with van der Waals surface area (Å²) in [6.07, 6.45) is 0.309. The minimum atomic E-state index is -0.323. The van der Waals surface area contributed by atoms with Gasteiger partial charge in [0.25, 0.3) is 5.91 Å². The number of carbonyl (C=O) groups excluding carboxylic acids is 2. The second-order valence-corrected chi connectivity index (χ2v) is 8.81. The van der Waals surface area contributed by atoms with Crippen LogP contribution in [0.1, 0.15) is 42.4 Å². The Bertz CT molecular complexity index is 886. The van der Waals surface area contributed by atoms with Crippen molar-refractivity contribution >= 4 is 23.0 Å². The van der Waals surface area contributed by atoms with Crippen LogP contribution in [0.25, 0.3) is 0 Å². The number of thiophene rings is 1. The lowest BCUT2D eigenvalue weighted by atomic mass is 9.81. The van der Waals surface area contributed by atoms with E-state index in [1.165, 1.54) is 23.5 Å². The smallest absolute Gasteiger partial charge is 0.264 e. The zero-order valence-electron chi connectivity index (χ0n) is 16.4. The molecule has 1 aliphatic rings. The Labute approximate surface area is 169 Å². The molecule has 4 nitrogen and oxygen atoms in total. The van der Waals surface area contributed by atoms with E-state index in [0.29, 0.717) is 30.9 Å². The number of nitrogens with one attached hydrogen (secondary N) is 1. The van der Waals surface area contributed by atoms with E-state index < -0.39 is 0 Å². The van der Waals surface area contributed by atoms with Crippen LogP contribution in [-0.4, -0.2) is 29.7 Å². The molecule has 3 rings (SSSR count). The summed E-state index contributed by atoms with van der Waals surface area (Å²) in [6.45, 7) is 7.27. The normalized spacial score (nSPS) is 16.2. The Hall–Kier alpha value is -2.47. The number of benzene rings is 1. The van der Waals surface area contributed by atoms with Gasteiger partial charge in [0.1, 0.15) is 11.6 Å². The van der Waals surface area contributed by atoms with Crippen LogP contribution in [0.4, 0.5) is 4.39 Å². The molecule has 148 valence electrons. The predicted octanol–water partition coefficient (Wildman–Crippen LogP) is 4.39. The van der Waals surface area contributed by atoms with Crippen molar-refractivity contribution in [2.24, 2.45) is 5.41 Å². The van der Waals surface area contributed by atoms with E-state index in [0.717, 1.165) is 16.8 Å². The molecule has 0 aliphatic carbocycles. The summed E-state index contributed by atoms with van der Waals surface area (Å²) >= 11 is 1.43. The topological polar surface area (TPSA) is 49.4 Å².